The molecule has 0 saturated carbocycles. The largest absolute Gasteiger partial charge is 0.481 e. The average molecular weight is 383 g/mol. The minimum absolute atomic E-state index is 0.222. The first-order valence-corrected chi connectivity index (χ1v) is 8.67. The predicted molar refractivity (Wildman–Crippen MR) is 97.6 cm³/mol. The van der Waals surface area contributed by atoms with Gasteiger partial charge in [-0.2, -0.15) is 5.10 Å². The highest BCUT2D eigenvalue weighted by Crippen LogP contribution is 2.32. The van der Waals surface area contributed by atoms with Crippen molar-refractivity contribution >= 4 is 5.91 Å². The van der Waals surface area contributed by atoms with Gasteiger partial charge in [0.2, 0.25) is 11.8 Å². The first-order valence-electron chi connectivity index (χ1n) is 8.67. The minimum atomic E-state index is -0.484. The highest BCUT2D eigenvalue weighted by molar-refractivity contribution is 5.94. The number of hydrogen-bond donors (Lipinski definition) is 1. The van der Waals surface area contributed by atoms with Crippen LogP contribution in [0.1, 0.15) is 28.5 Å². The summed E-state index contributed by atoms with van der Waals surface area (Å²) >= 11 is 0. The Morgan fingerprint density at radius 3 is 2.79 bits per heavy atom. The Morgan fingerprint density at radius 2 is 2.00 bits per heavy atom. The predicted octanol–water partition coefficient (Wildman–Crippen LogP) is 2.37. The lowest BCUT2D eigenvalue weighted by Crippen LogP contribution is -2.27. The first kappa shape index (κ1) is 17.9. The zero-order valence-corrected chi connectivity index (χ0v) is 15.3. The average Bonchev–Trinajstić information content (AvgIpc) is 3.30. The van der Waals surface area contributed by atoms with E-state index in [9.17, 15) is 9.18 Å². The van der Waals surface area contributed by atoms with Crippen LogP contribution in [0.5, 0.6) is 11.8 Å². The van der Waals surface area contributed by atoms with Crippen LogP contribution >= 0.6 is 0 Å². The number of carbonyl (C=O) groups excluding carboxylic acids is 1. The third kappa shape index (κ3) is 3.26. The number of nitrogens with zero attached hydrogens (tertiary/aromatic N) is 4. The van der Waals surface area contributed by atoms with Crippen LogP contribution in [-0.2, 0) is 6.54 Å². The number of fused-ring (bicyclic) bond motifs is 1. The fourth-order valence-corrected chi connectivity index (χ4v) is 3.20. The standard InChI is InChI=1S/C19H18FN5O3/c1-27-17-7-11(3-5-21-17)19(26)23-14-4-6-25-16(14)9-15(24-25)12-8-18(28-2)22-10-13(12)20/h3,5,7-10,14H,4,6H2,1-2H3,(H,23,26)/t14-/m0/s1. The second-order valence-corrected chi connectivity index (χ2v) is 6.29. The van der Waals surface area contributed by atoms with Gasteiger partial charge in [0.15, 0.2) is 5.82 Å². The number of halogens is 1. The van der Waals surface area contributed by atoms with E-state index in [0.717, 1.165) is 11.9 Å². The molecule has 4 rings (SSSR count). The van der Waals surface area contributed by atoms with E-state index in [0.29, 0.717) is 41.5 Å². The molecular formula is C19H18FN5O3. The van der Waals surface area contributed by atoms with Gasteiger partial charge in [0.25, 0.3) is 5.91 Å². The molecule has 0 unspecified atom stereocenters. The highest BCUT2D eigenvalue weighted by Gasteiger charge is 2.27. The fourth-order valence-electron chi connectivity index (χ4n) is 3.20. The normalized spacial score (nSPS) is 15.2. The second-order valence-electron chi connectivity index (χ2n) is 6.29. The van der Waals surface area contributed by atoms with E-state index < -0.39 is 5.82 Å². The molecule has 8 nitrogen and oxygen atoms in total. The fraction of sp³-hybridized carbons (Fsp3) is 0.263. The van der Waals surface area contributed by atoms with E-state index in [4.69, 9.17) is 9.47 Å². The maximum Gasteiger partial charge on any atom is 0.252 e. The van der Waals surface area contributed by atoms with Gasteiger partial charge in [-0.15, -0.1) is 0 Å². The maximum atomic E-state index is 14.2. The van der Waals surface area contributed by atoms with Crippen molar-refractivity contribution in [2.75, 3.05) is 14.2 Å². The molecule has 3 aromatic rings. The molecule has 0 saturated heterocycles. The van der Waals surface area contributed by atoms with E-state index in [2.05, 4.69) is 20.4 Å². The molecule has 1 atom stereocenters. The Labute approximate surface area is 160 Å². The summed E-state index contributed by atoms with van der Waals surface area (Å²) in [6.07, 6.45) is 3.33. The zero-order chi connectivity index (χ0) is 19.7. The first-order chi connectivity index (χ1) is 13.6. The van der Waals surface area contributed by atoms with Gasteiger partial charge in [-0.25, -0.2) is 14.4 Å². The summed E-state index contributed by atoms with van der Waals surface area (Å²) in [6.45, 7) is 0.629. The SMILES string of the molecule is COc1cc(C(=O)N[C@H]2CCn3nc(-c4cc(OC)ncc4F)cc32)ccn1. The summed E-state index contributed by atoms with van der Waals surface area (Å²) in [7, 11) is 2.96. The number of methoxy groups -OCH3 is 2. The molecule has 0 aliphatic carbocycles. The van der Waals surface area contributed by atoms with E-state index in [1.165, 1.54) is 26.5 Å². The molecule has 1 amide bonds. The highest BCUT2D eigenvalue weighted by atomic mass is 19.1. The summed E-state index contributed by atoms with van der Waals surface area (Å²) in [5.74, 6) is -0.0461. The summed E-state index contributed by atoms with van der Waals surface area (Å²) in [4.78, 5) is 20.4. The molecule has 4 heterocycles. The lowest BCUT2D eigenvalue weighted by atomic mass is 10.1. The third-order valence-corrected chi connectivity index (χ3v) is 4.62. The van der Waals surface area contributed by atoms with Gasteiger partial charge in [0, 0.05) is 36.0 Å². The van der Waals surface area contributed by atoms with Crippen LogP contribution in [0.25, 0.3) is 11.3 Å². The number of nitrogens with one attached hydrogen (secondary N) is 1. The van der Waals surface area contributed by atoms with Crippen molar-refractivity contribution in [3.05, 3.63) is 53.7 Å². The van der Waals surface area contributed by atoms with Crippen LogP contribution in [0, 0.1) is 5.82 Å². The van der Waals surface area contributed by atoms with Crippen molar-refractivity contribution < 1.29 is 18.7 Å². The van der Waals surface area contributed by atoms with Crippen molar-refractivity contribution in [1.82, 2.24) is 25.1 Å². The molecule has 0 spiro atoms. The number of aromatic nitrogens is 4. The van der Waals surface area contributed by atoms with Gasteiger partial charge < -0.3 is 14.8 Å². The number of rotatable bonds is 5. The molecule has 9 heteroatoms. The Kier molecular flexibility index (Phi) is 4.64. The van der Waals surface area contributed by atoms with Gasteiger partial charge in [0.05, 0.1) is 37.8 Å². The molecular weight excluding hydrogens is 365 g/mol. The quantitative estimate of drug-likeness (QED) is 0.727. The van der Waals surface area contributed by atoms with Crippen molar-refractivity contribution in [2.45, 2.75) is 19.0 Å². The molecule has 1 aliphatic rings. The zero-order valence-electron chi connectivity index (χ0n) is 15.3. The van der Waals surface area contributed by atoms with Crippen LogP contribution in [0.3, 0.4) is 0 Å². The lowest BCUT2D eigenvalue weighted by Gasteiger charge is -2.12. The minimum Gasteiger partial charge on any atom is -0.481 e. The van der Waals surface area contributed by atoms with E-state index in [-0.39, 0.29) is 11.9 Å². The van der Waals surface area contributed by atoms with Gasteiger partial charge >= 0.3 is 0 Å². The van der Waals surface area contributed by atoms with E-state index >= 15 is 0 Å². The Balaban J connectivity index is 1.57. The van der Waals surface area contributed by atoms with Gasteiger partial charge in [0.1, 0.15) is 0 Å². The van der Waals surface area contributed by atoms with Crippen LogP contribution in [-0.4, -0.2) is 39.9 Å². The van der Waals surface area contributed by atoms with Gasteiger partial charge in [-0.05, 0) is 18.6 Å². The topological polar surface area (TPSA) is 91.2 Å². The van der Waals surface area contributed by atoms with E-state index in [1.807, 2.05) is 0 Å². The Morgan fingerprint density at radius 1 is 1.21 bits per heavy atom. The number of carbonyl (C=O) groups is 1. The molecule has 1 N–H and O–H groups in total. The summed E-state index contributed by atoms with van der Waals surface area (Å²) in [5, 5.41) is 7.46. The molecule has 3 aromatic heterocycles. The van der Waals surface area contributed by atoms with Crippen LogP contribution in [0.15, 0.2) is 36.7 Å². The lowest BCUT2D eigenvalue weighted by molar-refractivity contribution is 0.0936. The number of pyridine rings is 2. The van der Waals surface area contributed by atoms with Crippen LogP contribution in [0.4, 0.5) is 4.39 Å². The van der Waals surface area contributed by atoms with Crippen LogP contribution < -0.4 is 14.8 Å². The molecule has 0 aromatic carbocycles. The summed E-state index contributed by atoms with van der Waals surface area (Å²) in [5.41, 5.74) is 2.05. The Hall–Kier alpha value is -3.49. The number of amides is 1. The summed E-state index contributed by atoms with van der Waals surface area (Å²) in [6, 6.07) is 6.26. The maximum absolute atomic E-state index is 14.2. The number of aryl methyl sites for hydroxylation is 1. The van der Waals surface area contributed by atoms with Crippen molar-refractivity contribution in [3.8, 4) is 23.0 Å². The monoisotopic (exact) mass is 383 g/mol. The molecule has 28 heavy (non-hydrogen) atoms. The molecule has 0 bridgehead atoms. The summed E-state index contributed by atoms with van der Waals surface area (Å²) < 4.78 is 26.1. The molecule has 144 valence electrons. The van der Waals surface area contributed by atoms with Gasteiger partial charge in [-0.1, -0.05) is 0 Å². The molecule has 0 fully saturated rings. The van der Waals surface area contributed by atoms with Crippen molar-refractivity contribution in [2.24, 2.45) is 0 Å². The smallest absolute Gasteiger partial charge is 0.252 e. The van der Waals surface area contributed by atoms with E-state index in [1.54, 1.807) is 22.9 Å². The third-order valence-electron chi connectivity index (χ3n) is 4.62. The number of hydrogen-bond acceptors (Lipinski definition) is 6. The van der Waals surface area contributed by atoms with Gasteiger partial charge in [-0.3, -0.25) is 9.48 Å². The molecule has 0 radical (unpaired) electrons. The Bertz CT molecular complexity index is 1040. The number of ether oxygens (including phenoxy) is 2. The van der Waals surface area contributed by atoms with Crippen LogP contribution in [0.2, 0.25) is 0 Å². The van der Waals surface area contributed by atoms with Crippen molar-refractivity contribution in [3.63, 3.8) is 0 Å². The van der Waals surface area contributed by atoms with Crippen molar-refractivity contribution in [1.29, 1.82) is 0 Å². The molecule has 1 aliphatic heterocycles. The second kappa shape index (κ2) is 7.26.